The molecule has 3 heterocycles. The van der Waals surface area contributed by atoms with Gasteiger partial charge in [0.2, 0.25) is 5.91 Å². The maximum absolute atomic E-state index is 12.7. The van der Waals surface area contributed by atoms with Crippen LogP contribution in [0.15, 0.2) is 0 Å². The number of hydrogen-bond acceptors (Lipinski definition) is 7. The number of ether oxygens (including phenoxy) is 1. The monoisotopic (exact) mass is 384 g/mol. The van der Waals surface area contributed by atoms with E-state index in [0.717, 1.165) is 38.8 Å². The number of carbonyl (C=O) groups excluding carboxylic acids is 2. The molecule has 4 rings (SSSR count). The summed E-state index contributed by atoms with van der Waals surface area (Å²) < 4.78 is 5.79. The quantitative estimate of drug-likeness (QED) is 0.679. The average Bonchev–Trinajstić information content (AvgIpc) is 2.67. The number of nitrogens with one attached hydrogen (secondary N) is 1. The third kappa shape index (κ3) is 4.18. The predicted octanol–water partition coefficient (Wildman–Crippen LogP) is 0.731. The highest BCUT2D eigenvalue weighted by atomic mass is 32.2. The van der Waals surface area contributed by atoms with Crippen LogP contribution in [0.25, 0.3) is 0 Å². The Balaban J connectivity index is 1.87. The molecule has 3 aliphatic heterocycles. The van der Waals surface area contributed by atoms with Crippen molar-refractivity contribution in [3.05, 3.63) is 0 Å². The van der Waals surface area contributed by atoms with Gasteiger partial charge in [-0.1, -0.05) is 6.92 Å². The molecule has 7 nitrogen and oxygen atoms in total. The van der Waals surface area contributed by atoms with E-state index in [9.17, 15) is 9.59 Å². The number of hydrogen-bond donors (Lipinski definition) is 2. The number of carbonyl (C=O) groups is 2. The number of piperazine rings is 1. The summed E-state index contributed by atoms with van der Waals surface area (Å²) in [4.78, 5) is 29.6. The third-order valence-corrected chi connectivity index (χ3v) is 6.91. The Kier molecular flexibility index (Phi) is 6.82. The zero-order valence-corrected chi connectivity index (χ0v) is 16.7. The molecule has 0 radical (unpaired) electrons. The number of nitrogens with two attached hydrogens (primary N) is 1. The van der Waals surface area contributed by atoms with Crippen LogP contribution in [0.4, 0.5) is 0 Å². The molecular weight excluding hydrogens is 352 g/mol. The Morgan fingerprint density at radius 1 is 1.31 bits per heavy atom. The van der Waals surface area contributed by atoms with Gasteiger partial charge < -0.3 is 20.7 Å². The summed E-state index contributed by atoms with van der Waals surface area (Å²) in [5, 5.41) is 3.24. The van der Waals surface area contributed by atoms with E-state index in [2.05, 4.69) is 10.2 Å². The molecule has 2 bridgehead atoms. The van der Waals surface area contributed by atoms with Crippen molar-refractivity contribution in [2.75, 3.05) is 25.9 Å². The van der Waals surface area contributed by atoms with Crippen molar-refractivity contribution in [2.45, 2.75) is 75.2 Å². The van der Waals surface area contributed by atoms with Crippen molar-refractivity contribution in [3.8, 4) is 0 Å². The van der Waals surface area contributed by atoms with E-state index in [-0.39, 0.29) is 29.5 Å². The lowest BCUT2D eigenvalue weighted by Gasteiger charge is -2.47. The Hall–Kier alpha value is -0.830. The van der Waals surface area contributed by atoms with E-state index in [1.165, 1.54) is 0 Å². The molecule has 0 aromatic rings. The molecular formula is C18H32N4O3S. The molecule has 3 N–H and O–H groups in total. The van der Waals surface area contributed by atoms with E-state index in [1.54, 1.807) is 11.8 Å². The van der Waals surface area contributed by atoms with Gasteiger partial charge in [-0.25, -0.2) is 0 Å². The van der Waals surface area contributed by atoms with Crippen LogP contribution in [0, 0.1) is 0 Å². The van der Waals surface area contributed by atoms with E-state index in [4.69, 9.17) is 10.5 Å². The van der Waals surface area contributed by atoms with Crippen molar-refractivity contribution in [2.24, 2.45) is 5.73 Å². The second-order valence-corrected chi connectivity index (χ2v) is 8.50. The zero-order chi connectivity index (χ0) is 18.7. The minimum atomic E-state index is -0.707. The molecule has 0 aromatic carbocycles. The molecule has 1 aliphatic carbocycles. The lowest BCUT2D eigenvalue weighted by Crippen LogP contribution is -2.60. The molecule has 4 aliphatic rings. The minimum Gasteiger partial charge on any atom is -0.444 e. The Labute approximate surface area is 160 Å². The van der Waals surface area contributed by atoms with Crippen LogP contribution in [0.3, 0.4) is 0 Å². The van der Waals surface area contributed by atoms with E-state index < -0.39 is 6.04 Å². The number of fused-ring (bicyclic) bond motifs is 7. The van der Waals surface area contributed by atoms with Crippen LogP contribution in [-0.4, -0.2) is 77.3 Å². The van der Waals surface area contributed by atoms with E-state index in [0.29, 0.717) is 25.4 Å². The summed E-state index contributed by atoms with van der Waals surface area (Å²) in [7, 11) is 0. The molecule has 8 heteroatoms. The predicted molar refractivity (Wildman–Crippen MR) is 103 cm³/mol. The van der Waals surface area contributed by atoms with Gasteiger partial charge in [0.05, 0.1) is 5.37 Å². The zero-order valence-electron chi connectivity index (χ0n) is 15.9. The number of esters is 1. The minimum absolute atomic E-state index is 0.0773. The van der Waals surface area contributed by atoms with Crippen LogP contribution in [0.2, 0.25) is 0 Å². The molecule has 26 heavy (non-hydrogen) atoms. The average molecular weight is 385 g/mol. The van der Waals surface area contributed by atoms with Crippen LogP contribution in [0.5, 0.6) is 0 Å². The highest BCUT2D eigenvalue weighted by Crippen LogP contribution is 2.33. The van der Waals surface area contributed by atoms with Crippen LogP contribution in [-0.2, 0) is 14.3 Å². The molecule has 3 unspecified atom stereocenters. The fourth-order valence-corrected chi connectivity index (χ4v) is 5.45. The van der Waals surface area contributed by atoms with E-state index >= 15 is 0 Å². The van der Waals surface area contributed by atoms with Crippen molar-refractivity contribution in [3.63, 3.8) is 0 Å². The molecule has 1 amide bonds. The number of rotatable bonds is 2. The number of thioether (sulfide) groups is 1. The summed E-state index contributed by atoms with van der Waals surface area (Å²) in [5.41, 5.74) is 6.18. The molecule has 0 spiro atoms. The van der Waals surface area contributed by atoms with Crippen molar-refractivity contribution in [1.82, 2.24) is 15.1 Å². The highest BCUT2D eigenvalue weighted by Gasteiger charge is 2.40. The van der Waals surface area contributed by atoms with Gasteiger partial charge in [0.1, 0.15) is 6.04 Å². The van der Waals surface area contributed by atoms with Gasteiger partial charge in [-0.2, -0.15) is 0 Å². The Morgan fingerprint density at radius 2 is 2.00 bits per heavy atom. The van der Waals surface area contributed by atoms with Gasteiger partial charge in [0.25, 0.3) is 0 Å². The van der Waals surface area contributed by atoms with Gasteiger partial charge in [-0.15, -0.1) is 11.8 Å². The molecule has 3 atom stereocenters. The van der Waals surface area contributed by atoms with Crippen LogP contribution < -0.4 is 11.1 Å². The summed E-state index contributed by atoms with van der Waals surface area (Å²) >= 11 is 1.61. The van der Waals surface area contributed by atoms with Gasteiger partial charge in [0, 0.05) is 44.6 Å². The molecule has 0 aromatic heterocycles. The van der Waals surface area contributed by atoms with Gasteiger partial charge in [-0.05, 0) is 31.9 Å². The lowest BCUT2D eigenvalue weighted by molar-refractivity contribution is -0.168. The smallest absolute Gasteiger partial charge is 0.324 e. The number of nitrogens with zero attached hydrogens (tertiary/aromatic N) is 2. The fourth-order valence-electron chi connectivity index (χ4n) is 4.53. The van der Waals surface area contributed by atoms with Gasteiger partial charge >= 0.3 is 5.97 Å². The second-order valence-electron chi connectivity index (χ2n) is 7.48. The van der Waals surface area contributed by atoms with Crippen molar-refractivity contribution >= 4 is 23.6 Å². The number of amides is 1. The molecule has 4 fully saturated rings. The van der Waals surface area contributed by atoms with Crippen LogP contribution in [0.1, 0.15) is 45.4 Å². The molecule has 1 saturated carbocycles. The maximum Gasteiger partial charge on any atom is 0.324 e. The van der Waals surface area contributed by atoms with E-state index in [1.807, 2.05) is 18.1 Å². The maximum atomic E-state index is 12.7. The molecule has 148 valence electrons. The summed E-state index contributed by atoms with van der Waals surface area (Å²) in [5.74, 6) is -0.200. The molecule has 3 saturated heterocycles. The Morgan fingerprint density at radius 3 is 2.65 bits per heavy atom. The van der Waals surface area contributed by atoms with Crippen molar-refractivity contribution < 1.29 is 14.3 Å². The second kappa shape index (κ2) is 8.91. The van der Waals surface area contributed by atoms with Crippen molar-refractivity contribution in [1.29, 1.82) is 0 Å². The largest absolute Gasteiger partial charge is 0.444 e. The first-order chi connectivity index (χ1) is 12.5. The Bertz CT molecular complexity index is 513. The normalized spacial score (nSPS) is 36.7. The van der Waals surface area contributed by atoms with Gasteiger partial charge in [0.15, 0.2) is 6.23 Å². The third-order valence-electron chi connectivity index (χ3n) is 5.95. The fraction of sp³-hybridized carbons (Fsp3) is 0.889. The summed E-state index contributed by atoms with van der Waals surface area (Å²) in [6.45, 7) is 4.36. The SMILES string of the molecule is CCC(=O)N1C2CCC(CC2)N2CCNCC2OC(=O)C(N)CC1SC. The topological polar surface area (TPSA) is 87.9 Å². The summed E-state index contributed by atoms with van der Waals surface area (Å²) in [6.07, 6.45) is 6.77. The summed E-state index contributed by atoms with van der Waals surface area (Å²) in [6, 6.07) is -0.0467. The van der Waals surface area contributed by atoms with Crippen LogP contribution >= 0.6 is 11.8 Å². The first kappa shape index (κ1) is 19.9. The lowest BCUT2D eigenvalue weighted by atomic mass is 9.88. The standard InChI is InChI=1S/C18H32N4O3S/c1-3-15(23)22-13-6-4-12(5-7-13)21-9-8-20-11-16(21)25-18(24)14(19)10-17(22)26-2/h12-14,16-17,20H,3-11,19H2,1-2H3. The highest BCUT2D eigenvalue weighted by molar-refractivity contribution is 7.99. The van der Waals surface area contributed by atoms with Gasteiger partial charge in [-0.3, -0.25) is 14.5 Å². The first-order valence-corrected chi connectivity index (χ1v) is 11.1. The first-order valence-electron chi connectivity index (χ1n) is 9.81.